The molecule has 4 nitrogen and oxygen atoms in total. The molecule has 2 N–H and O–H groups in total. The third-order valence-electron chi connectivity index (χ3n) is 4.23. The first-order chi connectivity index (χ1) is 14.3. The highest BCUT2D eigenvalue weighted by Crippen LogP contribution is 2.34. The molecule has 0 aliphatic rings. The number of carbonyl (C=O) groups is 2. The van der Waals surface area contributed by atoms with E-state index in [4.69, 9.17) is 0 Å². The molecule has 0 saturated heterocycles. The van der Waals surface area contributed by atoms with Gasteiger partial charge in [-0.1, -0.05) is 42.5 Å². The van der Waals surface area contributed by atoms with E-state index >= 15 is 0 Å². The van der Waals surface area contributed by atoms with Crippen molar-refractivity contribution in [1.82, 2.24) is 5.32 Å². The Labute approximate surface area is 169 Å². The molecular weight excluding hydrogens is 400 g/mol. The standard InChI is InChI=1S/C22H16F4N2O2/c23-16-12-10-15(11-13-16)21(30)28-20(19(29)14-6-2-1-3-7-14)27-18-9-5-4-8-17(18)22(24,25)26/h1-13,20,27H,(H,28,30)/t20-/m1/s1. The van der Waals surface area contributed by atoms with E-state index in [0.717, 1.165) is 24.3 Å². The van der Waals surface area contributed by atoms with Crippen LogP contribution < -0.4 is 10.6 Å². The molecule has 1 atom stereocenters. The minimum absolute atomic E-state index is 0.0492. The largest absolute Gasteiger partial charge is 0.418 e. The number of rotatable bonds is 6. The van der Waals surface area contributed by atoms with E-state index in [9.17, 15) is 27.2 Å². The average Bonchev–Trinajstić information content (AvgIpc) is 2.73. The van der Waals surface area contributed by atoms with E-state index in [1.165, 1.54) is 36.4 Å². The molecule has 0 unspecified atom stereocenters. The molecule has 3 aromatic rings. The van der Waals surface area contributed by atoms with Crippen LogP contribution in [0.5, 0.6) is 0 Å². The van der Waals surface area contributed by atoms with Gasteiger partial charge in [-0.2, -0.15) is 13.2 Å². The van der Waals surface area contributed by atoms with Gasteiger partial charge in [0, 0.05) is 16.8 Å². The molecule has 0 bridgehead atoms. The number of carbonyl (C=O) groups excluding carboxylic acids is 2. The number of Topliss-reactive ketones (excluding diaryl/α,β-unsaturated/α-hetero) is 1. The maximum atomic E-state index is 13.3. The van der Waals surface area contributed by atoms with Gasteiger partial charge in [0.15, 0.2) is 6.17 Å². The van der Waals surface area contributed by atoms with Crippen molar-refractivity contribution in [2.45, 2.75) is 12.3 Å². The molecule has 0 spiro atoms. The number of ketones is 1. The second-order valence-electron chi connectivity index (χ2n) is 6.33. The highest BCUT2D eigenvalue weighted by Gasteiger charge is 2.34. The Hall–Kier alpha value is -3.68. The SMILES string of the molecule is O=C(N[C@@H](Nc1ccccc1C(F)(F)F)C(=O)c1ccccc1)c1ccc(F)cc1. The Morgan fingerprint density at radius 1 is 0.767 bits per heavy atom. The molecule has 154 valence electrons. The number of hydrogen-bond donors (Lipinski definition) is 2. The number of anilines is 1. The van der Waals surface area contributed by atoms with Crippen molar-refractivity contribution in [2.75, 3.05) is 5.32 Å². The summed E-state index contributed by atoms with van der Waals surface area (Å²) in [6.07, 6.45) is -6.15. The van der Waals surface area contributed by atoms with Gasteiger partial charge in [0.1, 0.15) is 5.82 Å². The van der Waals surface area contributed by atoms with Crippen molar-refractivity contribution in [3.8, 4) is 0 Å². The van der Waals surface area contributed by atoms with Crippen LogP contribution in [0.4, 0.5) is 23.2 Å². The summed E-state index contributed by atoms with van der Waals surface area (Å²) in [4.78, 5) is 25.4. The smallest absolute Gasteiger partial charge is 0.358 e. The van der Waals surface area contributed by atoms with E-state index in [1.807, 2.05) is 0 Å². The molecule has 0 aliphatic heterocycles. The lowest BCUT2D eigenvalue weighted by atomic mass is 10.1. The molecule has 0 radical (unpaired) electrons. The van der Waals surface area contributed by atoms with E-state index in [2.05, 4.69) is 10.6 Å². The average molecular weight is 416 g/mol. The first-order valence-electron chi connectivity index (χ1n) is 8.84. The van der Waals surface area contributed by atoms with Gasteiger partial charge in [0.2, 0.25) is 5.78 Å². The number of nitrogens with one attached hydrogen (secondary N) is 2. The molecule has 30 heavy (non-hydrogen) atoms. The summed E-state index contributed by atoms with van der Waals surface area (Å²) in [7, 11) is 0. The van der Waals surface area contributed by atoms with Crippen LogP contribution in [0.15, 0.2) is 78.9 Å². The molecule has 0 fully saturated rings. The van der Waals surface area contributed by atoms with Gasteiger partial charge in [-0.05, 0) is 36.4 Å². The highest BCUT2D eigenvalue weighted by molar-refractivity contribution is 6.05. The minimum atomic E-state index is -4.66. The molecule has 0 saturated carbocycles. The Balaban J connectivity index is 1.93. The van der Waals surface area contributed by atoms with Crippen molar-refractivity contribution < 1.29 is 27.2 Å². The van der Waals surface area contributed by atoms with E-state index in [-0.39, 0.29) is 16.8 Å². The fraction of sp³-hybridized carbons (Fsp3) is 0.0909. The van der Waals surface area contributed by atoms with E-state index < -0.39 is 35.4 Å². The van der Waals surface area contributed by atoms with Gasteiger partial charge in [0.25, 0.3) is 5.91 Å². The Morgan fingerprint density at radius 3 is 2.00 bits per heavy atom. The number of alkyl halides is 3. The van der Waals surface area contributed by atoms with Crippen molar-refractivity contribution in [2.24, 2.45) is 0 Å². The molecule has 0 aromatic heterocycles. The summed E-state index contributed by atoms with van der Waals surface area (Å²) in [5.74, 6) is -1.94. The summed E-state index contributed by atoms with van der Waals surface area (Å²) in [5, 5.41) is 4.88. The molecule has 3 aromatic carbocycles. The lowest BCUT2D eigenvalue weighted by molar-refractivity contribution is -0.137. The number of benzene rings is 3. The first-order valence-corrected chi connectivity index (χ1v) is 8.84. The van der Waals surface area contributed by atoms with Gasteiger partial charge in [0.05, 0.1) is 5.56 Å². The van der Waals surface area contributed by atoms with Crippen LogP contribution in [0.2, 0.25) is 0 Å². The van der Waals surface area contributed by atoms with Gasteiger partial charge in [-0.15, -0.1) is 0 Å². The molecular formula is C22H16F4N2O2. The van der Waals surface area contributed by atoms with Crippen LogP contribution in [-0.4, -0.2) is 17.9 Å². The fourth-order valence-corrected chi connectivity index (χ4v) is 2.76. The zero-order chi connectivity index (χ0) is 21.7. The van der Waals surface area contributed by atoms with Crippen LogP contribution in [0.25, 0.3) is 0 Å². The van der Waals surface area contributed by atoms with Crippen LogP contribution in [0.1, 0.15) is 26.3 Å². The molecule has 3 rings (SSSR count). The zero-order valence-electron chi connectivity index (χ0n) is 15.4. The second kappa shape index (κ2) is 8.77. The summed E-state index contributed by atoms with van der Waals surface area (Å²) in [6.45, 7) is 0. The summed E-state index contributed by atoms with van der Waals surface area (Å²) in [6, 6.07) is 17.0. The number of hydrogen-bond acceptors (Lipinski definition) is 3. The predicted octanol–water partition coefficient (Wildman–Crippen LogP) is 4.90. The predicted molar refractivity (Wildman–Crippen MR) is 103 cm³/mol. The van der Waals surface area contributed by atoms with Crippen LogP contribution in [0, 0.1) is 5.82 Å². The third-order valence-corrected chi connectivity index (χ3v) is 4.23. The molecule has 8 heteroatoms. The maximum Gasteiger partial charge on any atom is 0.418 e. The lowest BCUT2D eigenvalue weighted by Crippen LogP contribution is -2.46. The number of para-hydroxylation sites is 1. The van der Waals surface area contributed by atoms with Crippen molar-refractivity contribution in [3.05, 3.63) is 101 Å². The molecule has 0 heterocycles. The normalized spacial score (nSPS) is 12.1. The summed E-state index contributed by atoms with van der Waals surface area (Å²) >= 11 is 0. The Bertz CT molecular complexity index is 1040. The highest BCUT2D eigenvalue weighted by atomic mass is 19.4. The minimum Gasteiger partial charge on any atom is -0.358 e. The van der Waals surface area contributed by atoms with E-state index in [1.54, 1.807) is 18.2 Å². The van der Waals surface area contributed by atoms with Gasteiger partial charge in [-0.25, -0.2) is 4.39 Å². The maximum absolute atomic E-state index is 13.3. The van der Waals surface area contributed by atoms with Crippen LogP contribution in [-0.2, 0) is 6.18 Å². The van der Waals surface area contributed by atoms with Gasteiger partial charge in [-0.3, -0.25) is 9.59 Å². The Kier molecular flexibility index (Phi) is 6.15. The number of halogens is 4. The fourth-order valence-electron chi connectivity index (χ4n) is 2.76. The summed E-state index contributed by atoms with van der Waals surface area (Å²) < 4.78 is 53.1. The van der Waals surface area contributed by atoms with Crippen LogP contribution in [0.3, 0.4) is 0 Å². The van der Waals surface area contributed by atoms with Crippen LogP contribution >= 0.6 is 0 Å². The van der Waals surface area contributed by atoms with E-state index in [0.29, 0.717) is 0 Å². The zero-order valence-corrected chi connectivity index (χ0v) is 15.4. The monoisotopic (exact) mass is 416 g/mol. The van der Waals surface area contributed by atoms with Gasteiger partial charge >= 0.3 is 6.18 Å². The van der Waals surface area contributed by atoms with Crippen molar-refractivity contribution in [1.29, 1.82) is 0 Å². The molecule has 0 aliphatic carbocycles. The Morgan fingerprint density at radius 2 is 1.37 bits per heavy atom. The lowest BCUT2D eigenvalue weighted by Gasteiger charge is -2.23. The quantitative estimate of drug-likeness (QED) is 0.342. The number of amides is 1. The first kappa shape index (κ1) is 21.0. The van der Waals surface area contributed by atoms with Crippen molar-refractivity contribution in [3.63, 3.8) is 0 Å². The third kappa shape index (κ3) is 5.02. The second-order valence-corrected chi connectivity index (χ2v) is 6.33. The topological polar surface area (TPSA) is 58.2 Å². The van der Waals surface area contributed by atoms with Crippen molar-refractivity contribution >= 4 is 17.4 Å². The molecule has 1 amide bonds. The van der Waals surface area contributed by atoms with Gasteiger partial charge < -0.3 is 10.6 Å². The summed E-state index contributed by atoms with van der Waals surface area (Å²) in [5.41, 5.74) is -1.10.